The molecular weight excluding hydrogens is 649 g/mol. The monoisotopic (exact) mass is 700 g/mol. The maximum Gasteiger partial charge on any atom is 0.408 e. The van der Waals surface area contributed by atoms with Gasteiger partial charge in [0.25, 0.3) is 5.91 Å². The van der Waals surface area contributed by atoms with Crippen molar-refractivity contribution in [3.8, 4) is 0 Å². The Morgan fingerprint density at radius 2 is 1.71 bits per heavy atom. The molecule has 1 heterocycles. The Morgan fingerprint density at radius 3 is 2.37 bits per heavy atom. The van der Waals surface area contributed by atoms with Crippen molar-refractivity contribution in [1.29, 1.82) is 0 Å². The van der Waals surface area contributed by atoms with Gasteiger partial charge in [-0.15, -0.1) is 0 Å². The van der Waals surface area contributed by atoms with Gasteiger partial charge in [0.2, 0.25) is 5.91 Å². The molecule has 1 aliphatic carbocycles. The quantitative estimate of drug-likeness (QED) is 0.134. The number of anilines is 1. The highest BCUT2D eigenvalue weighted by atomic mass is 32.2. The van der Waals surface area contributed by atoms with E-state index in [0.717, 1.165) is 34.6 Å². The number of nitrogens with two attached hydrogens (primary N) is 1. The summed E-state index contributed by atoms with van der Waals surface area (Å²) in [7, 11) is -2.28. The number of nitrogens with zero attached hydrogens (tertiary/aromatic N) is 1. The number of carbonyl (C=O) groups is 3. The summed E-state index contributed by atoms with van der Waals surface area (Å²) in [6.45, 7) is 16.0. The fourth-order valence-corrected chi connectivity index (χ4v) is 9.93. The van der Waals surface area contributed by atoms with Gasteiger partial charge in [-0.2, -0.15) is 11.8 Å². The number of fused-ring (bicyclic) bond motifs is 2. The third kappa shape index (κ3) is 9.42. The molecule has 2 atom stereocenters. The summed E-state index contributed by atoms with van der Waals surface area (Å²) in [4.78, 5) is 44.7. The predicted molar refractivity (Wildman–Crippen MR) is 207 cm³/mol. The number of hydrogen-bond acceptors (Lipinski definition) is 6. The largest absolute Gasteiger partial charge is 0.444 e. The van der Waals surface area contributed by atoms with Crippen molar-refractivity contribution in [2.45, 2.75) is 91.6 Å². The van der Waals surface area contributed by atoms with Gasteiger partial charge in [-0.1, -0.05) is 63.3 Å². The SMILES string of the molecule is CSCCC[C@H](NC(=O)[C@H](CC(C)C)NC(=O)OC(C)(C)C)C(=O)N=C1C=CC2=C(c3ccccc3C)c3ccc(N)cc3[Si](C)(C)C2=C1. The molecule has 0 bridgehead atoms. The van der Waals surface area contributed by atoms with Gasteiger partial charge in [0.15, 0.2) is 0 Å². The summed E-state index contributed by atoms with van der Waals surface area (Å²) in [5, 5.41) is 8.08. The summed E-state index contributed by atoms with van der Waals surface area (Å²) in [5.41, 5.74) is 12.7. The number of carbonyl (C=O) groups excluding carboxylic acids is 3. The van der Waals surface area contributed by atoms with E-state index < -0.39 is 43.7 Å². The lowest BCUT2D eigenvalue weighted by atomic mass is 9.87. The molecule has 0 fully saturated rings. The molecule has 0 aromatic heterocycles. The number of thioether (sulfide) groups is 1. The fraction of sp³-hybridized carbons (Fsp3) is 0.436. The van der Waals surface area contributed by atoms with E-state index >= 15 is 0 Å². The summed E-state index contributed by atoms with van der Waals surface area (Å²) in [6.07, 6.45) is 8.92. The second kappa shape index (κ2) is 15.8. The first kappa shape index (κ1) is 37.9. The van der Waals surface area contributed by atoms with Crippen LogP contribution in [0.1, 0.15) is 70.6 Å². The number of allylic oxidation sites excluding steroid dienone is 5. The molecule has 2 aliphatic rings. The maximum absolute atomic E-state index is 13.9. The Hall–Kier alpha value is -3.89. The minimum absolute atomic E-state index is 0.117. The number of nitrogen functional groups attached to an aromatic ring is 1. The van der Waals surface area contributed by atoms with Gasteiger partial charge in [-0.3, -0.25) is 9.59 Å². The van der Waals surface area contributed by atoms with E-state index in [4.69, 9.17) is 10.5 Å². The predicted octanol–water partition coefficient (Wildman–Crippen LogP) is 6.88. The summed E-state index contributed by atoms with van der Waals surface area (Å²) in [5.74, 6) is 0.107. The second-order valence-corrected chi connectivity index (χ2v) is 20.1. The third-order valence-corrected chi connectivity index (χ3v) is 13.0. The van der Waals surface area contributed by atoms with E-state index in [1.807, 2.05) is 38.3 Å². The summed E-state index contributed by atoms with van der Waals surface area (Å²) < 4.78 is 5.42. The number of benzene rings is 2. The van der Waals surface area contributed by atoms with Gasteiger partial charge >= 0.3 is 6.09 Å². The molecule has 10 heteroatoms. The van der Waals surface area contributed by atoms with Gasteiger partial charge in [-0.25, -0.2) is 9.79 Å². The molecule has 2 aromatic rings. The average Bonchev–Trinajstić information content (AvgIpc) is 3.00. The lowest BCUT2D eigenvalue weighted by Crippen LogP contribution is -2.52. The summed E-state index contributed by atoms with van der Waals surface area (Å²) >= 11 is 1.68. The molecule has 8 nitrogen and oxygen atoms in total. The minimum Gasteiger partial charge on any atom is -0.444 e. The Labute approximate surface area is 297 Å². The first-order valence-electron chi connectivity index (χ1n) is 17.0. The van der Waals surface area contributed by atoms with Gasteiger partial charge in [0.05, 0.1) is 5.71 Å². The zero-order valence-electron chi connectivity index (χ0n) is 30.4. The lowest BCUT2D eigenvalue weighted by molar-refractivity contribution is -0.128. The van der Waals surface area contributed by atoms with Crippen LogP contribution < -0.4 is 21.6 Å². The molecule has 4 N–H and O–H groups in total. The minimum atomic E-state index is -2.28. The van der Waals surface area contributed by atoms with Crippen molar-refractivity contribution in [1.82, 2.24) is 10.6 Å². The van der Waals surface area contributed by atoms with E-state index in [2.05, 4.69) is 78.1 Å². The number of alkyl carbamates (subject to hydrolysis) is 1. The molecular formula is C39H52N4O4SSi. The number of amides is 3. The van der Waals surface area contributed by atoms with Crippen molar-refractivity contribution >= 4 is 59.9 Å². The van der Waals surface area contributed by atoms with Gasteiger partial charge in [0.1, 0.15) is 25.8 Å². The Morgan fingerprint density at radius 1 is 1.00 bits per heavy atom. The van der Waals surface area contributed by atoms with Crippen LogP contribution in [0.25, 0.3) is 5.57 Å². The van der Waals surface area contributed by atoms with E-state index in [0.29, 0.717) is 18.6 Å². The molecule has 4 rings (SSSR count). The zero-order valence-corrected chi connectivity index (χ0v) is 32.2. The van der Waals surface area contributed by atoms with Crippen molar-refractivity contribution in [2.24, 2.45) is 10.9 Å². The van der Waals surface area contributed by atoms with Crippen LogP contribution in [0, 0.1) is 12.8 Å². The van der Waals surface area contributed by atoms with Crippen LogP contribution in [0.15, 0.2) is 76.5 Å². The van der Waals surface area contributed by atoms with Crippen molar-refractivity contribution in [2.75, 3.05) is 17.7 Å². The van der Waals surface area contributed by atoms with E-state index in [1.165, 1.54) is 21.5 Å². The van der Waals surface area contributed by atoms with Crippen LogP contribution >= 0.6 is 11.8 Å². The van der Waals surface area contributed by atoms with Crippen LogP contribution in [0.5, 0.6) is 0 Å². The smallest absolute Gasteiger partial charge is 0.408 e. The number of nitrogens with one attached hydrogen (secondary N) is 2. The highest BCUT2D eigenvalue weighted by Gasteiger charge is 2.40. The molecule has 2 aromatic carbocycles. The number of hydrogen-bond donors (Lipinski definition) is 3. The van der Waals surface area contributed by atoms with Crippen LogP contribution in [-0.2, 0) is 14.3 Å². The molecule has 262 valence electrons. The van der Waals surface area contributed by atoms with E-state index in [-0.39, 0.29) is 5.92 Å². The van der Waals surface area contributed by atoms with Gasteiger partial charge in [0, 0.05) is 5.69 Å². The Balaban J connectivity index is 1.70. The molecule has 0 saturated carbocycles. The molecule has 0 saturated heterocycles. The number of aliphatic imine (C=N–C) groups is 1. The molecule has 0 unspecified atom stereocenters. The topological polar surface area (TPSA) is 123 Å². The molecule has 1 aliphatic heterocycles. The molecule has 0 spiro atoms. The summed E-state index contributed by atoms with van der Waals surface area (Å²) in [6, 6.07) is 12.9. The lowest BCUT2D eigenvalue weighted by Gasteiger charge is -2.38. The van der Waals surface area contributed by atoms with Crippen molar-refractivity contribution < 1.29 is 19.1 Å². The van der Waals surface area contributed by atoms with E-state index in [9.17, 15) is 14.4 Å². The van der Waals surface area contributed by atoms with Crippen molar-refractivity contribution in [3.63, 3.8) is 0 Å². The number of ether oxygens (including phenoxy) is 1. The highest BCUT2D eigenvalue weighted by molar-refractivity contribution is 7.98. The first-order chi connectivity index (χ1) is 23.0. The van der Waals surface area contributed by atoms with E-state index in [1.54, 1.807) is 32.5 Å². The maximum atomic E-state index is 13.9. The Bertz CT molecular complexity index is 1720. The van der Waals surface area contributed by atoms with Crippen LogP contribution in [0.3, 0.4) is 0 Å². The van der Waals surface area contributed by atoms with Crippen molar-refractivity contribution in [3.05, 3.63) is 88.2 Å². The van der Waals surface area contributed by atoms with Crippen LogP contribution in [-0.4, -0.2) is 61.4 Å². The van der Waals surface area contributed by atoms with Gasteiger partial charge in [-0.05, 0) is 127 Å². The number of rotatable bonds is 11. The Kier molecular flexibility index (Phi) is 12.2. The zero-order chi connectivity index (χ0) is 36.1. The molecule has 49 heavy (non-hydrogen) atoms. The first-order valence-corrected chi connectivity index (χ1v) is 21.4. The molecule has 0 radical (unpaired) electrons. The normalized spacial score (nSPS) is 17.2. The standard InChI is InChI=1S/C39H52N4O4SSi/c1-24(2)21-32(43-38(46)47-39(4,5)6)37(45)42-31(15-12-20-48-7)36(44)41-27-17-19-30-34(23-27)49(8,9)33-22-26(40)16-18-29(33)35(30)28-14-11-10-13-25(28)3/h10-11,13-14,16-19,22-24,31-32H,12,15,20-21,40H2,1-9H3,(H,42,45)(H,43,46)/t31-,32-/m0/s1. The third-order valence-electron chi connectivity index (χ3n) is 8.76. The van der Waals surface area contributed by atoms with Gasteiger partial charge < -0.3 is 21.1 Å². The molecule has 3 amide bonds. The second-order valence-electron chi connectivity index (χ2n) is 14.8. The number of aryl methyl sites for hydroxylation is 1. The fourth-order valence-electron chi connectivity index (χ4n) is 6.39. The van der Waals surface area contributed by atoms with Crippen LogP contribution in [0.2, 0.25) is 13.1 Å². The van der Waals surface area contributed by atoms with Crippen LogP contribution in [0.4, 0.5) is 10.5 Å². The highest BCUT2D eigenvalue weighted by Crippen LogP contribution is 2.42. The average molecular weight is 701 g/mol.